The number of benzene rings is 3. The number of esters is 1. The Morgan fingerprint density at radius 1 is 1.02 bits per heavy atom. The predicted molar refractivity (Wildman–Crippen MR) is 164 cm³/mol. The van der Waals surface area contributed by atoms with E-state index in [9.17, 15) is 24.6 Å². The number of carbonyl (C=O) groups excluding carboxylic acids is 3. The van der Waals surface area contributed by atoms with Crippen LogP contribution in [0.4, 0.5) is 5.13 Å². The lowest BCUT2D eigenvalue weighted by Crippen LogP contribution is -2.29. The maximum atomic E-state index is 13.6. The fraction of sp³-hybridized carbons (Fsp3) is 0.212. The molecule has 0 radical (unpaired) electrons. The Kier molecular flexibility index (Phi) is 8.68. The first-order chi connectivity index (χ1) is 21.1. The molecule has 1 aromatic heterocycles. The van der Waals surface area contributed by atoms with Crippen LogP contribution in [-0.2, 0) is 20.9 Å². The van der Waals surface area contributed by atoms with Crippen molar-refractivity contribution in [1.82, 2.24) is 4.98 Å². The first-order valence-electron chi connectivity index (χ1n) is 13.7. The van der Waals surface area contributed by atoms with E-state index in [1.165, 1.54) is 25.3 Å². The maximum Gasteiger partial charge on any atom is 0.350 e. The van der Waals surface area contributed by atoms with Crippen LogP contribution >= 0.6 is 11.3 Å². The van der Waals surface area contributed by atoms with Crippen LogP contribution in [0, 0.1) is 13.8 Å². The molecule has 4 aromatic rings. The number of ketones is 1. The van der Waals surface area contributed by atoms with Gasteiger partial charge in [0, 0.05) is 5.56 Å². The number of hydrogen-bond acceptors (Lipinski definition) is 10. The SMILES string of the molecule is CCOC(=O)c1sc(N2C(=O)C(=O)/C(=C(/O)c3ccc(OCc4ccccc4)c(C)c3)[C@@H]2c2ccc(O)c(OC)c2)nc1C. The minimum atomic E-state index is -1.15. The summed E-state index contributed by atoms with van der Waals surface area (Å²) in [6.45, 7) is 5.59. The van der Waals surface area contributed by atoms with Crippen LogP contribution in [0.25, 0.3) is 5.76 Å². The number of aryl methyl sites for hydroxylation is 2. The summed E-state index contributed by atoms with van der Waals surface area (Å²) < 4.78 is 16.4. The minimum absolute atomic E-state index is 0.0737. The quantitative estimate of drug-likeness (QED) is 0.103. The lowest BCUT2D eigenvalue weighted by atomic mass is 9.94. The number of amides is 1. The Labute approximate surface area is 257 Å². The number of nitrogens with zero attached hydrogens (tertiary/aromatic N) is 2. The van der Waals surface area contributed by atoms with E-state index in [1.54, 1.807) is 32.0 Å². The molecule has 0 aliphatic carbocycles. The molecule has 2 heterocycles. The summed E-state index contributed by atoms with van der Waals surface area (Å²) in [5.74, 6) is -2.33. The number of phenols is 1. The molecule has 1 aliphatic rings. The monoisotopic (exact) mass is 614 g/mol. The third kappa shape index (κ3) is 5.73. The molecule has 11 heteroatoms. The van der Waals surface area contributed by atoms with Gasteiger partial charge in [-0.2, -0.15) is 0 Å². The van der Waals surface area contributed by atoms with E-state index in [1.807, 2.05) is 37.3 Å². The van der Waals surface area contributed by atoms with Crippen molar-refractivity contribution in [2.24, 2.45) is 0 Å². The van der Waals surface area contributed by atoms with E-state index in [-0.39, 0.29) is 33.7 Å². The van der Waals surface area contributed by atoms with E-state index in [2.05, 4.69) is 4.98 Å². The molecule has 0 spiro atoms. The van der Waals surface area contributed by atoms with Crippen LogP contribution in [0.15, 0.2) is 72.3 Å². The summed E-state index contributed by atoms with van der Waals surface area (Å²) in [6, 6.07) is 17.9. The number of carbonyl (C=O) groups is 3. The third-order valence-electron chi connectivity index (χ3n) is 7.10. The lowest BCUT2D eigenvalue weighted by Gasteiger charge is -2.23. The molecule has 1 atom stereocenters. The highest BCUT2D eigenvalue weighted by Crippen LogP contribution is 2.45. The molecule has 0 unspecified atom stereocenters. The lowest BCUT2D eigenvalue weighted by molar-refractivity contribution is -0.132. The van der Waals surface area contributed by atoms with E-state index in [0.29, 0.717) is 34.7 Å². The van der Waals surface area contributed by atoms with Gasteiger partial charge in [-0.25, -0.2) is 9.78 Å². The topological polar surface area (TPSA) is 135 Å². The van der Waals surface area contributed by atoms with Crippen LogP contribution < -0.4 is 14.4 Å². The zero-order valence-corrected chi connectivity index (χ0v) is 25.3. The van der Waals surface area contributed by atoms with Gasteiger partial charge < -0.3 is 24.4 Å². The number of aromatic hydroxyl groups is 1. The normalized spacial score (nSPS) is 15.8. The highest BCUT2D eigenvalue weighted by molar-refractivity contribution is 7.17. The minimum Gasteiger partial charge on any atom is -0.507 e. The summed E-state index contributed by atoms with van der Waals surface area (Å²) in [7, 11) is 1.37. The van der Waals surface area contributed by atoms with Crippen molar-refractivity contribution in [2.75, 3.05) is 18.6 Å². The zero-order chi connectivity index (χ0) is 31.5. The Morgan fingerprint density at radius 3 is 2.45 bits per heavy atom. The molecule has 1 aliphatic heterocycles. The summed E-state index contributed by atoms with van der Waals surface area (Å²) >= 11 is 0.906. The second-order valence-electron chi connectivity index (χ2n) is 9.99. The van der Waals surface area contributed by atoms with Gasteiger partial charge in [0.25, 0.3) is 5.78 Å². The second kappa shape index (κ2) is 12.6. The van der Waals surface area contributed by atoms with E-state index in [0.717, 1.165) is 21.8 Å². The van der Waals surface area contributed by atoms with Crippen molar-refractivity contribution in [2.45, 2.75) is 33.4 Å². The zero-order valence-electron chi connectivity index (χ0n) is 24.5. The van der Waals surface area contributed by atoms with Gasteiger partial charge in [-0.1, -0.05) is 47.7 Å². The van der Waals surface area contributed by atoms with Gasteiger partial charge in [-0.3, -0.25) is 14.5 Å². The molecule has 44 heavy (non-hydrogen) atoms. The fourth-order valence-electron chi connectivity index (χ4n) is 4.93. The van der Waals surface area contributed by atoms with Gasteiger partial charge in [0.15, 0.2) is 16.6 Å². The number of aliphatic hydroxyl groups is 1. The van der Waals surface area contributed by atoms with Crippen molar-refractivity contribution >= 4 is 39.9 Å². The molecule has 3 aromatic carbocycles. The second-order valence-corrected chi connectivity index (χ2v) is 11.0. The number of aliphatic hydroxyl groups excluding tert-OH is 1. The van der Waals surface area contributed by atoms with Crippen LogP contribution in [0.3, 0.4) is 0 Å². The number of anilines is 1. The van der Waals surface area contributed by atoms with Crippen LogP contribution in [0.2, 0.25) is 0 Å². The first-order valence-corrected chi connectivity index (χ1v) is 14.6. The van der Waals surface area contributed by atoms with Crippen molar-refractivity contribution in [3.8, 4) is 17.2 Å². The molecular formula is C33H30N2O8S. The highest BCUT2D eigenvalue weighted by atomic mass is 32.1. The average Bonchev–Trinajstić information content (AvgIpc) is 3.53. The Morgan fingerprint density at radius 2 is 1.77 bits per heavy atom. The molecule has 226 valence electrons. The van der Waals surface area contributed by atoms with E-state index in [4.69, 9.17) is 14.2 Å². The number of aromatic nitrogens is 1. The largest absolute Gasteiger partial charge is 0.507 e. The fourth-order valence-corrected chi connectivity index (χ4v) is 5.92. The van der Waals surface area contributed by atoms with Crippen LogP contribution in [-0.4, -0.2) is 46.6 Å². The predicted octanol–water partition coefficient (Wildman–Crippen LogP) is 5.86. The number of Topliss-reactive ketones (excluding diaryl/α,β-unsaturated/α-hetero) is 1. The molecule has 1 amide bonds. The Balaban J connectivity index is 1.60. The number of thiazole rings is 1. The first kappa shape index (κ1) is 30.3. The number of hydrogen-bond donors (Lipinski definition) is 2. The van der Waals surface area contributed by atoms with Crippen LogP contribution in [0.1, 0.15) is 50.6 Å². The maximum absolute atomic E-state index is 13.6. The van der Waals surface area contributed by atoms with Crippen molar-refractivity contribution in [3.63, 3.8) is 0 Å². The van der Waals surface area contributed by atoms with Crippen molar-refractivity contribution in [3.05, 3.63) is 105 Å². The third-order valence-corrected chi connectivity index (χ3v) is 8.24. The molecular weight excluding hydrogens is 584 g/mol. The molecule has 2 N–H and O–H groups in total. The summed E-state index contributed by atoms with van der Waals surface area (Å²) in [6.07, 6.45) is 0. The number of methoxy groups -OCH3 is 1. The van der Waals surface area contributed by atoms with Crippen molar-refractivity contribution < 1.29 is 38.8 Å². The number of ether oxygens (including phenoxy) is 3. The van der Waals surface area contributed by atoms with Gasteiger partial charge in [0.1, 0.15) is 23.0 Å². The van der Waals surface area contributed by atoms with Gasteiger partial charge >= 0.3 is 11.9 Å². The Bertz CT molecular complexity index is 1780. The molecule has 0 bridgehead atoms. The molecule has 0 saturated carbocycles. The number of phenolic OH excluding ortho intramolecular Hbond substituents is 1. The van der Waals surface area contributed by atoms with E-state index >= 15 is 0 Å². The Hall–Kier alpha value is -5.16. The smallest absolute Gasteiger partial charge is 0.350 e. The standard InChI is InChI=1S/C33H30N2O8S/c1-5-42-32(40)30-19(3)34-33(44-30)35-27(21-11-13-23(36)25(16-21)41-4)26(29(38)31(35)39)28(37)22-12-14-24(18(2)15-22)43-17-20-9-7-6-8-10-20/h6-16,27,36-37H,5,17H2,1-4H3/b28-26+/t27-/m0/s1. The summed E-state index contributed by atoms with van der Waals surface area (Å²) in [5, 5.41) is 21.9. The van der Waals surface area contributed by atoms with Gasteiger partial charge in [-0.05, 0) is 67.8 Å². The average molecular weight is 615 g/mol. The van der Waals surface area contributed by atoms with Crippen molar-refractivity contribution in [1.29, 1.82) is 0 Å². The molecule has 1 fully saturated rings. The van der Waals surface area contributed by atoms with E-state index < -0.39 is 29.5 Å². The number of rotatable bonds is 9. The van der Waals surface area contributed by atoms with Gasteiger partial charge in [0.2, 0.25) is 0 Å². The van der Waals surface area contributed by atoms with Gasteiger partial charge in [0.05, 0.1) is 31.0 Å². The molecule has 1 saturated heterocycles. The summed E-state index contributed by atoms with van der Waals surface area (Å²) in [4.78, 5) is 45.5. The van der Waals surface area contributed by atoms with Gasteiger partial charge in [-0.15, -0.1) is 0 Å². The molecule has 5 rings (SSSR count). The summed E-state index contributed by atoms with van der Waals surface area (Å²) in [5.41, 5.74) is 2.50. The van der Waals surface area contributed by atoms with Crippen LogP contribution in [0.5, 0.6) is 17.2 Å². The molecule has 10 nitrogen and oxygen atoms in total. The highest BCUT2D eigenvalue weighted by Gasteiger charge is 2.48.